The van der Waals surface area contributed by atoms with Crippen molar-refractivity contribution in [2.24, 2.45) is 11.5 Å². The van der Waals surface area contributed by atoms with Crippen LogP contribution >= 0.6 is 11.6 Å². The monoisotopic (exact) mass is 230 g/mol. The maximum Gasteiger partial charge on any atom is 0.128 e. The van der Waals surface area contributed by atoms with Gasteiger partial charge in [0.1, 0.15) is 5.82 Å². The molecule has 15 heavy (non-hydrogen) atoms. The molecule has 0 saturated heterocycles. The molecule has 0 radical (unpaired) electrons. The summed E-state index contributed by atoms with van der Waals surface area (Å²) >= 11 is 5.78. The van der Waals surface area contributed by atoms with Crippen molar-refractivity contribution in [2.45, 2.75) is 25.3 Å². The van der Waals surface area contributed by atoms with Gasteiger partial charge in [-0.25, -0.2) is 4.39 Å². The van der Waals surface area contributed by atoms with Crippen LogP contribution in [0.2, 0.25) is 5.02 Å². The lowest BCUT2D eigenvalue weighted by atomic mass is 10.0. The van der Waals surface area contributed by atoms with Gasteiger partial charge < -0.3 is 11.5 Å². The van der Waals surface area contributed by atoms with E-state index in [-0.39, 0.29) is 11.9 Å². The summed E-state index contributed by atoms with van der Waals surface area (Å²) in [6, 6.07) is 4.16. The Labute approximate surface area is 94.4 Å². The molecule has 4 N–H and O–H groups in total. The van der Waals surface area contributed by atoms with Gasteiger partial charge in [-0.1, -0.05) is 18.0 Å². The Morgan fingerprint density at radius 2 is 2.07 bits per heavy atom. The Kier molecular flexibility index (Phi) is 5.02. The van der Waals surface area contributed by atoms with Crippen molar-refractivity contribution in [1.82, 2.24) is 0 Å². The summed E-state index contributed by atoms with van der Waals surface area (Å²) in [6.07, 6.45) is 2.55. The van der Waals surface area contributed by atoms with Gasteiger partial charge in [-0.2, -0.15) is 0 Å². The van der Waals surface area contributed by atoms with Gasteiger partial charge >= 0.3 is 0 Å². The van der Waals surface area contributed by atoms with Crippen LogP contribution in [0, 0.1) is 5.82 Å². The molecule has 2 nitrogen and oxygen atoms in total. The minimum absolute atomic E-state index is 0.292. The minimum atomic E-state index is -0.296. The average molecular weight is 231 g/mol. The highest BCUT2D eigenvalue weighted by molar-refractivity contribution is 6.30. The molecule has 1 aromatic carbocycles. The highest BCUT2D eigenvalue weighted by Crippen LogP contribution is 2.23. The van der Waals surface area contributed by atoms with Crippen LogP contribution in [-0.4, -0.2) is 6.54 Å². The van der Waals surface area contributed by atoms with Gasteiger partial charge in [-0.15, -0.1) is 0 Å². The first-order chi connectivity index (χ1) is 7.15. The molecule has 0 saturated carbocycles. The molecule has 0 aliphatic heterocycles. The quantitative estimate of drug-likeness (QED) is 0.764. The Balaban J connectivity index is 2.64. The standard InChI is InChI=1S/C11H16ClFN2/c12-8-4-5-10(13)9(7-8)11(15)3-1-2-6-14/h4-5,7,11H,1-3,6,14-15H2/t11-/m1/s1. The van der Waals surface area contributed by atoms with E-state index in [0.29, 0.717) is 17.1 Å². The van der Waals surface area contributed by atoms with E-state index >= 15 is 0 Å². The van der Waals surface area contributed by atoms with Gasteiger partial charge in [-0.05, 0) is 37.6 Å². The second kappa shape index (κ2) is 6.05. The highest BCUT2D eigenvalue weighted by atomic mass is 35.5. The van der Waals surface area contributed by atoms with Crippen molar-refractivity contribution in [3.05, 3.63) is 34.6 Å². The smallest absolute Gasteiger partial charge is 0.128 e. The van der Waals surface area contributed by atoms with E-state index in [2.05, 4.69) is 0 Å². The third-order valence-corrected chi connectivity index (χ3v) is 2.56. The molecular formula is C11H16ClFN2. The normalized spacial score (nSPS) is 12.8. The van der Waals surface area contributed by atoms with E-state index in [1.165, 1.54) is 12.1 Å². The van der Waals surface area contributed by atoms with Crippen molar-refractivity contribution < 1.29 is 4.39 Å². The summed E-state index contributed by atoms with van der Waals surface area (Å²) in [4.78, 5) is 0. The SMILES string of the molecule is NCCCC[C@@H](N)c1cc(Cl)ccc1F. The Bertz CT molecular complexity index is 317. The lowest BCUT2D eigenvalue weighted by molar-refractivity contribution is 0.543. The summed E-state index contributed by atoms with van der Waals surface area (Å²) < 4.78 is 13.4. The fraction of sp³-hybridized carbons (Fsp3) is 0.455. The van der Waals surface area contributed by atoms with E-state index in [1.807, 2.05) is 0 Å². The van der Waals surface area contributed by atoms with Crippen LogP contribution in [0.1, 0.15) is 30.9 Å². The van der Waals surface area contributed by atoms with Crippen LogP contribution in [0.25, 0.3) is 0 Å². The molecule has 1 atom stereocenters. The van der Waals surface area contributed by atoms with Crippen LogP contribution < -0.4 is 11.5 Å². The fourth-order valence-electron chi connectivity index (χ4n) is 1.46. The maximum atomic E-state index is 13.4. The molecule has 0 unspecified atom stereocenters. The molecule has 1 rings (SSSR count). The van der Waals surface area contributed by atoms with Gasteiger partial charge in [0.05, 0.1) is 0 Å². The van der Waals surface area contributed by atoms with Gasteiger partial charge in [0.25, 0.3) is 0 Å². The first-order valence-electron chi connectivity index (χ1n) is 5.05. The zero-order valence-corrected chi connectivity index (χ0v) is 9.30. The topological polar surface area (TPSA) is 52.0 Å². The summed E-state index contributed by atoms with van der Waals surface area (Å²) in [5.74, 6) is -0.292. The van der Waals surface area contributed by atoms with Crippen LogP contribution in [0.5, 0.6) is 0 Å². The Morgan fingerprint density at radius 3 is 2.73 bits per heavy atom. The predicted molar refractivity (Wildman–Crippen MR) is 61.2 cm³/mol. The molecule has 0 spiro atoms. The average Bonchev–Trinajstić information content (AvgIpc) is 2.22. The molecule has 4 heteroatoms. The van der Waals surface area contributed by atoms with Gasteiger partial charge in [-0.3, -0.25) is 0 Å². The number of benzene rings is 1. The molecule has 0 aliphatic rings. The van der Waals surface area contributed by atoms with E-state index in [0.717, 1.165) is 19.3 Å². The predicted octanol–water partition coefficient (Wildman–Crippen LogP) is 2.61. The lowest BCUT2D eigenvalue weighted by Crippen LogP contribution is -2.12. The summed E-state index contributed by atoms with van der Waals surface area (Å²) in [6.45, 7) is 0.644. The molecular weight excluding hydrogens is 215 g/mol. The van der Waals surface area contributed by atoms with Gasteiger partial charge in [0, 0.05) is 16.6 Å². The number of hydrogen-bond donors (Lipinski definition) is 2. The highest BCUT2D eigenvalue weighted by Gasteiger charge is 2.11. The van der Waals surface area contributed by atoms with Crippen LogP contribution in [0.3, 0.4) is 0 Å². The Morgan fingerprint density at radius 1 is 1.33 bits per heavy atom. The summed E-state index contributed by atoms with van der Waals surface area (Å²) in [5.41, 5.74) is 11.7. The molecule has 0 bridgehead atoms. The first kappa shape index (κ1) is 12.4. The molecule has 84 valence electrons. The number of hydrogen-bond acceptors (Lipinski definition) is 2. The van der Waals surface area contributed by atoms with Crippen molar-refractivity contribution in [3.8, 4) is 0 Å². The zero-order chi connectivity index (χ0) is 11.3. The largest absolute Gasteiger partial charge is 0.330 e. The number of halogens is 2. The van der Waals surface area contributed by atoms with Crippen LogP contribution in [-0.2, 0) is 0 Å². The molecule has 1 aromatic rings. The van der Waals surface area contributed by atoms with E-state index in [4.69, 9.17) is 23.1 Å². The second-order valence-corrected chi connectivity index (χ2v) is 3.99. The minimum Gasteiger partial charge on any atom is -0.330 e. The lowest BCUT2D eigenvalue weighted by Gasteiger charge is -2.12. The molecule has 0 amide bonds. The fourth-order valence-corrected chi connectivity index (χ4v) is 1.64. The molecule has 0 aliphatic carbocycles. The number of unbranched alkanes of at least 4 members (excludes halogenated alkanes) is 1. The van der Waals surface area contributed by atoms with Crippen molar-refractivity contribution in [1.29, 1.82) is 0 Å². The van der Waals surface area contributed by atoms with Gasteiger partial charge in [0.2, 0.25) is 0 Å². The molecule has 0 fully saturated rings. The van der Waals surface area contributed by atoms with E-state index in [9.17, 15) is 4.39 Å². The van der Waals surface area contributed by atoms with Gasteiger partial charge in [0.15, 0.2) is 0 Å². The number of nitrogens with two attached hydrogens (primary N) is 2. The number of rotatable bonds is 5. The maximum absolute atomic E-state index is 13.4. The van der Waals surface area contributed by atoms with Crippen LogP contribution in [0.4, 0.5) is 4.39 Å². The van der Waals surface area contributed by atoms with Crippen molar-refractivity contribution >= 4 is 11.6 Å². The van der Waals surface area contributed by atoms with Crippen molar-refractivity contribution in [2.75, 3.05) is 6.54 Å². The third-order valence-electron chi connectivity index (χ3n) is 2.33. The first-order valence-corrected chi connectivity index (χ1v) is 5.43. The summed E-state index contributed by atoms with van der Waals surface area (Å²) in [7, 11) is 0. The Hall–Kier alpha value is -0.640. The third kappa shape index (κ3) is 3.78. The van der Waals surface area contributed by atoms with Crippen LogP contribution in [0.15, 0.2) is 18.2 Å². The van der Waals surface area contributed by atoms with E-state index < -0.39 is 0 Å². The second-order valence-electron chi connectivity index (χ2n) is 3.56. The molecule has 0 aromatic heterocycles. The van der Waals surface area contributed by atoms with E-state index in [1.54, 1.807) is 6.07 Å². The summed E-state index contributed by atoms with van der Waals surface area (Å²) in [5, 5.41) is 0.515. The van der Waals surface area contributed by atoms with Crippen molar-refractivity contribution in [3.63, 3.8) is 0 Å². The molecule has 0 heterocycles. The zero-order valence-electron chi connectivity index (χ0n) is 8.55.